The second-order valence-electron chi connectivity index (χ2n) is 7.91. The van der Waals surface area contributed by atoms with E-state index in [1.54, 1.807) is 33.0 Å². The molecule has 0 aromatic heterocycles. The number of hydrogen-bond acceptors (Lipinski definition) is 1. The zero-order valence-electron chi connectivity index (χ0n) is 13.5. The Morgan fingerprint density at radius 1 is 0.700 bits per heavy atom. The van der Waals surface area contributed by atoms with Crippen LogP contribution in [-0.2, 0) is 4.65 Å². The summed E-state index contributed by atoms with van der Waals surface area (Å²) in [5.41, 5.74) is 0. The summed E-state index contributed by atoms with van der Waals surface area (Å²) < 4.78 is 5.56. The van der Waals surface area contributed by atoms with Crippen LogP contribution >= 0.6 is 0 Å². The number of rotatable bonds is 1. The molecule has 4 aliphatic heterocycles. The highest BCUT2D eigenvalue weighted by Gasteiger charge is 2.40. The maximum absolute atomic E-state index is 5.56. The summed E-state index contributed by atoms with van der Waals surface area (Å²) in [6.07, 6.45) is 17.9. The van der Waals surface area contributed by atoms with Crippen LogP contribution in [0.25, 0.3) is 0 Å². The van der Waals surface area contributed by atoms with Gasteiger partial charge in [0.15, 0.2) is 0 Å². The molecule has 3 heteroatoms. The van der Waals surface area contributed by atoms with Gasteiger partial charge in [0, 0.05) is 7.11 Å². The average molecular weight is 274 g/mol. The molecular formula is C17H32B2O. The van der Waals surface area contributed by atoms with Crippen LogP contribution in [0.3, 0.4) is 0 Å². The smallest absolute Gasteiger partial charge is 0.298 e. The Morgan fingerprint density at radius 3 is 1.40 bits per heavy atom. The van der Waals surface area contributed by atoms with E-state index in [-0.39, 0.29) is 0 Å². The highest BCUT2D eigenvalue weighted by Crippen LogP contribution is 2.46. The second kappa shape index (κ2) is 7.38. The van der Waals surface area contributed by atoms with Gasteiger partial charge in [-0.15, -0.1) is 0 Å². The van der Waals surface area contributed by atoms with Crippen molar-refractivity contribution in [2.45, 2.75) is 100 Å². The molecule has 20 heavy (non-hydrogen) atoms. The van der Waals surface area contributed by atoms with Gasteiger partial charge in [0.1, 0.15) is 7.28 Å². The van der Waals surface area contributed by atoms with Gasteiger partial charge in [-0.1, -0.05) is 88.7 Å². The minimum absolute atomic E-state index is 0.623. The predicted molar refractivity (Wildman–Crippen MR) is 90.3 cm³/mol. The summed E-state index contributed by atoms with van der Waals surface area (Å²) in [6, 6.07) is 0. The van der Waals surface area contributed by atoms with Gasteiger partial charge < -0.3 is 4.65 Å². The Bertz CT molecular complexity index is 255. The minimum Gasteiger partial charge on any atom is -0.438 e. The summed E-state index contributed by atoms with van der Waals surface area (Å²) in [7, 11) is 3.47. The Morgan fingerprint density at radius 2 is 1.10 bits per heavy atom. The van der Waals surface area contributed by atoms with Crippen molar-refractivity contribution >= 4 is 14.2 Å². The topological polar surface area (TPSA) is 9.23 Å². The molecule has 112 valence electrons. The average Bonchev–Trinajstić information content (AvgIpc) is 2.47. The van der Waals surface area contributed by atoms with Gasteiger partial charge in [0.2, 0.25) is 0 Å². The van der Waals surface area contributed by atoms with E-state index in [0.29, 0.717) is 6.92 Å². The van der Waals surface area contributed by atoms with Gasteiger partial charge >= 0.3 is 0 Å². The number of hydrogen-bond donors (Lipinski definition) is 0. The van der Waals surface area contributed by atoms with Gasteiger partial charge in [0.05, 0.1) is 0 Å². The number of fused-ring (bicyclic) bond motifs is 4. The van der Waals surface area contributed by atoms with Gasteiger partial charge in [-0.25, -0.2) is 0 Å². The summed E-state index contributed by atoms with van der Waals surface area (Å²) in [5, 5.41) is 0. The van der Waals surface area contributed by atoms with E-state index in [1.165, 1.54) is 51.4 Å². The Kier molecular flexibility index (Phi) is 5.54. The molecule has 4 heterocycles. The van der Waals surface area contributed by atoms with Gasteiger partial charge in [0.25, 0.3) is 6.92 Å². The van der Waals surface area contributed by atoms with Crippen molar-refractivity contribution in [2.24, 2.45) is 0 Å². The van der Waals surface area contributed by atoms with Crippen molar-refractivity contribution in [1.29, 1.82) is 0 Å². The van der Waals surface area contributed by atoms with Crippen molar-refractivity contribution in [3.05, 3.63) is 0 Å². The molecule has 4 aliphatic rings. The summed E-state index contributed by atoms with van der Waals surface area (Å²) >= 11 is 0. The molecule has 0 N–H and O–H groups in total. The maximum Gasteiger partial charge on any atom is 0.298 e. The first-order chi connectivity index (χ1) is 9.86. The van der Waals surface area contributed by atoms with E-state index in [1.807, 2.05) is 7.11 Å². The van der Waals surface area contributed by atoms with Crippen molar-refractivity contribution in [2.75, 3.05) is 7.11 Å². The fourth-order valence-corrected chi connectivity index (χ4v) is 5.62. The zero-order chi connectivity index (χ0) is 13.8. The highest BCUT2D eigenvalue weighted by molar-refractivity contribution is 6.55. The summed E-state index contributed by atoms with van der Waals surface area (Å²) in [4.78, 5) is 0. The lowest BCUT2D eigenvalue weighted by Crippen LogP contribution is -2.36. The summed E-state index contributed by atoms with van der Waals surface area (Å²) in [5.74, 6) is 4.12. The highest BCUT2D eigenvalue weighted by atomic mass is 16.4. The van der Waals surface area contributed by atoms with E-state index in [9.17, 15) is 0 Å². The van der Waals surface area contributed by atoms with E-state index < -0.39 is 0 Å². The Balaban J connectivity index is 0.000000123. The van der Waals surface area contributed by atoms with Crippen molar-refractivity contribution in [3.63, 3.8) is 0 Å². The predicted octanol–water partition coefficient (Wildman–Crippen LogP) is 5.10. The monoisotopic (exact) mass is 274 g/mol. The van der Waals surface area contributed by atoms with Crippen LogP contribution in [0.4, 0.5) is 0 Å². The zero-order valence-corrected chi connectivity index (χ0v) is 13.5. The summed E-state index contributed by atoms with van der Waals surface area (Å²) in [6.45, 7) is 0.623. The Hall–Kier alpha value is 0.0899. The molecule has 0 unspecified atom stereocenters. The van der Waals surface area contributed by atoms with Crippen LogP contribution in [-0.4, -0.2) is 21.3 Å². The molecule has 0 aromatic carbocycles. The first kappa shape index (κ1) is 15.0. The normalized spacial score (nSPS) is 39.4. The molecule has 0 atom stereocenters. The minimum atomic E-state index is 0.623. The van der Waals surface area contributed by atoms with E-state index >= 15 is 0 Å². The fourth-order valence-electron chi connectivity index (χ4n) is 5.62. The van der Waals surface area contributed by atoms with Crippen LogP contribution in [0.15, 0.2) is 0 Å². The lowest BCUT2D eigenvalue weighted by atomic mass is 9.38. The first-order valence-corrected chi connectivity index (χ1v) is 9.39. The maximum atomic E-state index is 5.56. The molecule has 0 spiro atoms. The van der Waals surface area contributed by atoms with Crippen molar-refractivity contribution < 1.29 is 4.65 Å². The molecule has 0 amide bonds. The Labute approximate surface area is 127 Å². The van der Waals surface area contributed by atoms with Gasteiger partial charge in [-0.2, -0.15) is 0 Å². The van der Waals surface area contributed by atoms with Crippen LogP contribution in [0.5, 0.6) is 0 Å². The molecule has 0 saturated carbocycles. The second-order valence-corrected chi connectivity index (χ2v) is 7.91. The lowest BCUT2D eigenvalue weighted by molar-refractivity contribution is 0.326. The third kappa shape index (κ3) is 3.64. The fraction of sp³-hybridized carbons (Fsp3) is 1.00. The molecule has 0 radical (unpaired) electrons. The standard InChI is InChI=1S/C9H17BO.C8H15B/c1-11-10-8-4-2-5-9(10)7-3-6-8;1-3-7-5-2-6-8(4-1)9-7/h8-9H,2-7H2,1H3;7-9H,1-6H2. The molecule has 0 aliphatic carbocycles. The third-order valence-corrected chi connectivity index (χ3v) is 6.62. The van der Waals surface area contributed by atoms with E-state index in [2.05, 4.69) is 0 Å². The molecular weight excluding hydrogens is 242 g/mol. The largest absolute Gasteiger partial charge is 0.438 e. The molecule has 4 fully saturated rings. The first-order valence-electron chi connectivity index (χ1n) is 9.39. The van der Waals surface area contributed by atoms with Crippen LogP contribution < -0.4 is 0 Å². The van der Waals surface area contributed by atoms with E-state index in [4.69, 9.17) is 4.65 Å². The van der Waals surface area contributed by atoms with Gasteiger partial charge in [-0.3, -0.25) is 0 Å². The van der Waals surface area contributed by atoms with Crippen LogP contribution in [0.1, 0.15) is 77.0 Å². The third-order valence-electron chi connectivity index (χ3n) is 6.62. The van der Waals surface area contributed by atoms with Gasteiger partial charge in [-0.05, 0) is 11.6 Å². The van der Waals surface area contributed by atoms with Crippen LogP contribution in [0, 0.1) is 0 Å². The van der Waals surface area contributed by atoms with Crippen molar-refractivity contribution in [1.82, 2.24) is 0 Å². The molecule has 0 aromatic rings. The molecule has 4 bridgehead atoms. The van der Waals surface area contributed by atoms with E-state index in [0.717, 1.165) is 23.3 Å². The molecule has 1 nitrogen and oxygen atoms in total. The van der Waals surface area contributed by atoms with Crippen molar-refractivity contribution in [3.8, 4) is 0 Å². The molecule has 4 saturated heterocycles. The quantitative estimate of drug-likeness (QED) is 0.604. The van der Waals surface area contributed by atoms with Crippen LogP contribution in [0.2, 0.25) is 23.3 Å². The SMILES string of the molecule is B1C2CCCC1CCC2.COB1C2CCCC1CCC2. The lowest BCUT2D eigenvalue weighted by Gasteiger charge is -2.38. The molecule has 4 rings (SSSR count).